The number of hydrogen-bond donors (Lipinski definition) is 1. The summed E-state index contributed by atoms with van der Waals surface area (Å²) in [5, 5.41) is 3.67. The third kappa shape index (κ3) is 2.83. The molecule has 0 unspecified atom stereocenters. The van der Waals surface area contributed by atoms with Crippen LogP contribution in [0.15, 0.2) is 18.3 Å². The second-order valence-corrected chi connectivity index (χ2v) is 6.56. The number of piperidine rings is 1. The number of aromatic nitrogens is 1. The van der Waals surface area contributed by atoms with E-state index >= 15 is 0 Å². The Bertz CT molecular complexity index is 440. The van der Waals surface area contributed by atoms with E-state index in [2.05, 4.69) is 41.2 Å². The van der Waals surface area contributed by atoms with Gasteiger partial charge in [0.25, 0.3) is 0 Å². The molecule has 0 aromatic carbocycles. The van der Waals surface area contributed by atoms with Crippen molar-refractivity contribution >= 4 is 5.82 Å². The van der Waals surface area contributed by atoms with E-state index in [1.807, 2.05) is 6.20 Å². The zero-order valence-corrected chi connectivity index (χ0v) is 12.8. The maximum absolute atomic E-state index is 4.63. The summed E-state index contributed by atoms with van der Waals surface area (Å²) in [6.07, 6.45) is 9.83. The number of nitrogens with zero attached hydrogens (tertiary/aromatic N) is 2. The van der Waals surface area contributed by atoms with Crippen LogP contribution < -0.4 is 5.32 Å². The molecule has 20 heavy (non-hydrogen) atoms. The summed E-state index contributed by atoms with van der Waals surface area (Å²) in [7, 11) is 0. The highest BCUT2D eigenvalue weighted by Gasteiger charge is 2.29. The van der Waals surface area contributed by atoms with Gasteiger partial charge in [-0.15, -0.1) is 0 Å². The molecule has 0 amide bonds. The van der Waals surface area contributed by atoms with Crippen LogP contribution in [0.4, 0.5) is 5.82 Å². The fraction of sp³-hybridized carbons (Fsp3) is 0.706. The van der Waals surface area contributed by atoms with Gasteiger partial charge in [0.1, 0.15) is 5.82 Å². The monoisotopic (exact) mass is 273 g/mol. The molecule has 0 spiro atoms. The molecule has 2 heterocycles. The molecule has 1 saturated carbocycles. The van der Waals surface area contributed by atoms with Crippen LogP contribution >= 0.6 is 0 Å². The Morgan fingerprint density at radius 2 is 2.05 bits per heavy atom. The van der Waals surface area contributed by atoms with E-state index in [1.54, 1.807) is 0 Å². The highest BCUT2D eigenvalue weighted by molar-refractivity contribution is 5.47. The summed E-state index contributed by atoms with van der Waals surface area (Å²) in [5.74, 6) is 1.13. The predicted octanol–water partition coefficient (Wildman–Crippen LogP) is 3.98. The first-order valence-electron chi connectivity index (χ1n) is 8.23. The van der Waals surface area contributed by atoms with Crippen LogP contribution in [0.5, 0.6) is 0 Å². The molecule has 1 aromatic heterocycles. The van der Waals surface area contributed by atoms with Gasteiger partial charge in [0.05, 0.1) is 0 Å². The number of hydrogen-bond acceptors (Lipinski definition) is 3. The van der Waals surface area contributed by atoms with Crippen LogP contribution in [0, 0.1) is 0 Å². The SMILES string of the molecule is CC(C)N1CCCC[C@@H]1c1cccnc1NC1CCC1. The lowest BCUT2D eigenvalue weighted by Gasteiger charge is -2.40. The fourth-order valence-corrected chi connectivity index (χ4v) is 3.46. The minimum absolute atomic E-state index is 0.542. The highest BCUT2D eigenvalue weighted by atomic mass is 15.2. The van der Waals surface area contributed by atoms with Crippen molar-refractivity contribution in [1.82, 2.24) is 9.88 Å². The lowest BCUT2D eigenvalue weighted by atomic mass is 9.91. The van der Waals surface area contributed by atoms with Crippen LogP contribution in [0.25, 0.3) is 0 Å². The van der Waals surface area contributed by atoms with Crippen molar-refractivity contribution in [2.45, 2.75) is 70.5 Å². The Balaban J connectivity index is 1.83. The van der Waals surface area contributed by atoms with Gasteiger partial charge in [-0.3, -0.25) is 4.90 Å². The van der Waals surface area contributed by atoms with Gasteiger partial charge in [-0.05, 0) is 58.6 Å². The fourth-order valence-electron chi connectivity index (χ4n) is 3.46. The van der Waals surface area contributed by atoms with Crippen molar-refractivity contribution in [3.8, 4) is 0 Å². The third-order valence-corrected chi connectivity index (χ3v) is 4.85. The quantitative estimate of drug-likeness (QED) is 0.899. The van der Waals surface area contributed by atoms with Crippen molar-refractivity contribution in [2.75, 3.05) is 11.9 Å². The normalized spacial score (nSPS) is 24.6. The molecule has 3 nitrogen and oxygen atoms in total. The molecular formula is C17H27N3. The van der Waals surface area contributed by atoms with Gasteiger partial charge in [0.2, 0.25) is 0 Å². The molecule has 3 heteroatoms. The number of anilines is 1. The highest BCUT2D eigenvalue weighted by Crippen LogP contribution is 2.36. The lowest BCUT2D eigenvalue weighted by Crippen LogP contribution is -2.39. The van der Waals surface area contributed by atoms with E-state index in [1.165, 1.54) is 50.6 Å². The van der Waals surface area contributed by atoms with Crippen molar-refractivity contribution in [3.05, 3.63) is 23.9 Å². The average molecular weight is 273 g/mol. The van der Waals surface area contributed by atoms with Crippen LogP contribution in [0.1, 0.15) is 64.0 Å². The van der Waals surface area contributed by atoms with Gasteiger partial charge < -0.3 is 5.32 Å². The smallest absolute Gasteiger partial charge is 0.130 e. The predicted molar refractivity (Wildman–Crippen MR) is 83.9 cm³/mol. The van der Waals surface area contributed by atoms with Gasteiger partial charge in [0, 0.05) is 29.9 Å². The Labute approximate surface area is 122 Å². The summed E-state index contributed by atoms with van der Waals surface area (Å²) in [6, 6.07) is 6.17. The average Bonchev–Trinajstić information content (AvgIpc) is 2.43. The zero-order chi connectivity index (χ0) is 13.9. The van der Waals surface area contributed by atoms with Crippen molar-refractivity contribution in [1.29, 1.82) is 0 Å². The van der Waals surface area contributed by atoms with Gasteiger partial charge in [-0.1, -0.05) is 12.5 Å². The summed E-state index contributed by atoms with van der Waals surface area (Å²) in [5.41, 5.74) is 1.41. The molecule has 1 aliphatic heterocycles. The second kappa shape index (κ2) is 6.13. The van der Waals surface area contributed by atoms with Gasteiger partial charge in [-0.2, -0.15) is 0 Å². The van der Waals surface area contributed by atoms with E-state index in [4.69, 9.17) is 0 Å². The lowest BCUT2D eigenvalue weighted by molar-refractivity contribution is 0.112. The molecule has 110 valence electrons. The molecule has 1 aromatic rings. The molecule has 2 fully saturated rings. The molecule has 0 radical (unpaired) electrons. The first kappa shape index (κ1) is 13.9. The number of nitrogens with one attached hydrogen (secondary N) is 1. The van der Waals surface area contributed by atoms with E-state index in [0.717, 1.165) is 5.82 Å². The maximum atomic E-state index is 4.63. The van der Waals surface area contributed by atoms with Gasteiger partial charge >= 0.3 is 0 Å². The Hall–Kier alpha value is -1.09. The molecular weight excluding hydrogens is 246 g/mol. The minimum atomic E-state index is 0.542. The van der Waals surface area contributed by atoms with Gasteiger partial charge in [0.15, 0.2) is 0 Å². The molecule has 2 aliphatic rings. The summed E-state index contributed by atoms with van der Waals surface area (Å²) in [4.78, 5) is 7.28. The molecule has 1 aliphatic carbocycles. The van der Waals surface area contributed by atoms with E-state index in [9.17, 15) is 0 Å². The standard InChI is InChI=1S/C17H27N3/c1-13(2)20-12-4-3-10-16(20)15-9-6-11-18-17(15)19-14-7-5-8-14/h6,9,11,13-14,16H,3-5,7-8,10,12H2,1-2H3,(H,18,19)/t16-/m1/s1. The van der Waals surface area contributed by atoms with Crippen LogP contribution in [-0.2, 0) is 0 Å². The minimum Gasteiger partial charge on any atom is -0.367 e. The Morgan fingerprint density at radius 3 is 2.75 bits per heavy atom. The Kier molecular flexibility index (Phi) is 4.25. The first-order chi connectivity index (χ1) is 9.75. The van der Waals surface area contributed by atoms with Crippen LogP contribution in [0.3, 0.4) is 0 Å². The second-order valence-electron chi connectivity index (χ2n) is 6.56. The zero-order valence-electron chi connectivity index (χ0n) is 12.8. The molecule has 3 rings (SSSR count). The van der Waals surface area contributed by atoms with Crippen LogP contribution in [-0.4, -0.2) is 28.5 Å². The van der Waals surface area contributed by atoms with E-state index in [-0.39, 0.29) is 0 Å². The van der Waals surface area contributed by atoms with E-state index < -0.39 is 0 Å². The molecule has 1 atom stereocenters. The summed E-state index contributed by atoms with van der Waals surface area (Å²) in [6.45, 7) is 5.85. The van der Waals surface area contributed by atoms with Crippen molar-refractivity contribution < 1.29 is 0 Å². The van der Waals surface area contributed by atoms with Crippen molar-refractivity contribution in [2.24, 2.45) is 0 Å². The summed E-state index contributed by atoms with van der Waals surface area (Å²) >= 11 is 0. The molecule has 0 bridgehead atoms. The van der Waals surface area contributed by atoms with E-state index in [0.29, 0.717) is 18.1 Å². The number of pyridine rings is 1. The largest absolute Gasteiger partial charge is 0.367 e. The molecule has 1 saturated heterocycles. The Morgan fingerprint density at radius 1 is 1.20 bits per heavy atom. The third-order valence-electron chi connectivity index (χ3n) is 4.85. The maximum Gasteiger partial charge on any atom is 0.130 e. The molecule has 1 N–H and O–H groups in total. The summed E-state index contributed by atoms with van der Waals surface area (Å²) < 4.78 is 0. The van der Waals surface area contributed by atoms with Gasteiger partial charge in [-0.25, -0.2) is 4.98 Å². The number of rotatable bonds is 4. The van der Waals surface area contributed by atoms with Crippen LogP contribution in [0.2, 0.25) is 0 Å². The van der Waals surface area contributed by atoms with Crippen molar-refractivity contribution in [3.63, 3.8) is 0 Å². The number of likely N-dealkylation sites (tertiary alicyclic amines) is 1. The topological polar surface area (TPSA) is 28.2 Å². The first-order valence-corrected chi connectivity index (χ1v) is 8.23.